The molecule has 0 spiro atoms. The van der Waals surface area contributed by atoms with Crippen molar-refractivity contribution in [2.45, 2.75) is 12.5 Å². The van der Waals surface area contributed by atoms with E-state index in [1.54, 1.807) is 0 Å². The highest BCUT2D eigenvalue weighted by atomic mass is 16.5. The van der Waals surface area contributed by atoms with Gasteiger partial charge in [-0.2, -0.15) is 0 Å². The standard InChI is InChI=1S/C11H12O2/c1-2-10(12)8-3-4-11-9(7-8)5-6-13-11/h2-4,7,10,12H,1,5-6H2/t10-/m1/s1. The third kappa shape index (κ3) is 1.45. The maximum Gasteiger partial charge on any atom is 0.122 e. The third-order valence-corrected chi connectivity index (χ3v) is 2.28. The Morgan fingerprint density at radius 3 is 3.15 bits per heavy atom. The van der Waals surface area contributed by atoms with E-state index in [-0.39, 0.29) is 0 Å². The zero-order valence-electron chi connectivity index (χ0n) is 7.36. The Morgan fingerprint density at radius 1 is 1.54 bits per heavy atom. The van der Waals surface area contributed by atoms with Crippen LogP contribution in [0.1, 0.15) is 17.2 Å². The minimum atomic E-state index is -0.564. The van der Waals surface area contributed by atoms with Gasteiger partial charge in [-0.15, -0.1) is 6.58 Å². The van der Waals surface area contributed by atoms with E-state index in [2.05, 4.69) is 6.58 Å². The minimum Gasteiger partial charge on any atom is -0.493 e. The second-order valence-electron chi connectivity index (χ2n) is 3.15. The topological polar surface area (TPSA) is 29.5 Å². The summed E-state index contributed by atoms with van der Waals surface area (Å²) in [6, 6.07) is 5.76. The average molecular weight is 176 g/mol. The van der Waals surface area contributed by atoms with Crippen molar-refractivity contribution >= 4 is 0 Å². The molecule has 2 rings (SSSR count). The molecule has 0 aromatic heterocycles. The molecular formula is C11H12O2. The number of hydrogen-bond acceptors (Lipinski definition) is 2. The number of ether oxygens (including phenoxy) is 1. The molecule has 1 N–H and O–H groups in total. The molecule has 1 heterocycles. The first-order valence-corrected chi connectivity index (χ1v) is 4.37. The van der Waals surface area contributed by atoms with Crippen LogP contribution in [-0.2, 0) is 6.42 Å². The summed E-state index contributed by atoms with van der Waals surface area (Å²) in [7, 11) is 0. The minimum absolute atomic E-state index is 0.564. The van der Waals surface area contributed by atoms with Crippen LogP contribution in [0.3, 0.4) is 0 Å². The number of aliphatic hydroxyl groups is 1. The van der Waals surface area contributed by atoms with Crippen molar-refractivity contribution in [3.63, 3.8) is 0 Å². The molecule has 68 valence electrons. The van der Waals surface area contributed by atoms with Gasteiger partial charge in [0.1, 0.15) is 5.75 Å². The summed E-state index contributed by atoms with van der Waals surface area (Å²) < 4.78 is 5.36. The maximum atomic E-state index is 9.50. The van der Waals surface area contributed by atoms with E-state index in [4.69, 9.17) is 4.74 Å². The fraction of sp³-hybridized carbons (Fsp3) is 0.273. The lowest BCUT2D eigenvalue weighted by atomic mass is 10.0. The number of rotatable bonds is 2. The predicted octanol–water partition coefficient (Wildman–Crippen LogP) is 1.84. The number of aliphatic hydroxyl groups excluding tert-OH is 1. The van der Waals surface area contributed by atoms with Crippen molar-refractivity contribution in [3.8, 4) is 5.75 Å². The summed E-state index contributed by atoms with van der Waals surface area (Å²) in [5.41, 5.74) is 2.07. The lowest BCUT2D eigenvalue weighted by Gasteiger charge is -2.06. The first kappa shape index (κ1) is 8.32. The third-order valence-electron chi connectivity index (χ3n) is 2.28. The molecule has 1 aromatic rings. The van der Waals surface area contributed by atoms with Gasteiger partial charge < -0.3 is 9.84 Å². The summed E-state index contributed by atoms with van der Waals surface area (Å²) in [5.74, 6) is 0.944. The SMILES string of the molecule is C=C[C@@H](O)c1ccc2c(c1)CCO2. The Morgan fingerprint density at radius 2 is 2.38 bits per heavy atom. The van der Waals surface area contributed by atoms with Gasteiger partial charge in [-0.1, -0.05) is 12.1 Å². The predicted molar refractivity (Wildman–Crippen MR) is 50.8 cm³/mol. The van der Waals surface area contributed by atoms with Gasteiger partial charge in [0.25, 0.3) is 0 Å². The Kier molecular flexibility index (Phi) is 2.07. The summed E-state index contributed by atoms with van der Waals surface area (Å²) >= 11 is 0. The van der Waals surface area contributed by atoms with E-state index in [1.807, 2.05) is 18.2 Å². The molecule has 0 saturated carbocycles. The maximum absolute atomic E-state index is 9.50. The van der Waals surface area contributed by atoms with Crippen LogP contribution in [0.25, 0.3) is 0 Å². The highest BCUT2D eigenvalue weighted by molar-refractivity contribution is 5.41. The summed E-state index contributed by atoms with van der Waals surface area (Å²) in [6.45, 7) is 4.30. The van der Waals surface area contributed by atoms with Crippen LogP contribution in [0.15, 0.2) is 30.9 Å². The average Bonchev–Trinajstić information content (AvgIpc) is 2.63. The first-order valence-electron chi connectivity index (χ1n) is 4.37. The zero-order valence-corrected chi connectivity index (χ0v) is 7.36. The summed E-state index contributed by atoms with van der Waals surface area (Å²) in [5, 5.41) is 9.50. The highest BCUT2D eigenvalue weighted by Gasteiger charge is 2.13. The lowest BCUT2D eigenvalue weighted by molar-refractivity contribution is 0.229. The molecule has 0 aliphatic carbocycles. The molecule has 0 amide bonds. The molecule has 0 radical (unpaired) electrons. The van der Waals surface area contributed by atoms with Crippen molar-refractivity contribution in [2.75, 3.05) is 6.61 Å². The highest BCUT2D eigenvalue weighted by Crippen LogP contribution is 2.28. The molecule has 2 nitrogen and oxygen atoms in total. The second kappa shape index (κ2) is 3.23. The molecule has 1 aliphatic rings. The molecule has 1 aromatic carbocycles. The van der Waals surface area contributed by atoms with E-state index in [0.29, 0.717) is 0 Å². The quantitative estimate of drug-likeness (QED) is 0.697. The number of hydrogen-bond donors (Lipinski definition) is 1. The van der Waals surface area contributed by atoms with E-state index in [0.717, 1.165) is 24.3 Å². The Labute approximate surface area is 77.5 Å². The molecule has 0 saturated heterocycles. The molecule has 1 atom stereocenters. The number of benzene rings is 1. The van der Waals surface area contributed by atoms with E-state index in [1.165, 1.54) is 11.6 Å². The molecule has 2 heteroatoms. The smallest absolute Gasteiger partial charge is 0.122 e. The van der Waals surface area contributed by atoms with Crippen LogP contribution >= 0.6 is 0 Å². The van der Waals surface area contributed by atoms with Crippen LogP contribution in [0.2, 0.25) is 0 Å². The second-order valence-corrected chi connectivity index (χ2v) is 3.15. The van der Waals surface area contributed by atoms with Crippen LogP contribution in [0.4, 0.5) is 0 Å². The van der Waals surface area contributed by atoms with Crippen LogP contribution in [0, 0.1) is 0 Å². The number of fused-ring (bicyclic) bond motifs is 1. The van der Waals surface area contributed by atoms with E-state index < -0.39 is 6.10 Å². The van der Waals surface area contributed by atoms with Gasteiger partial charge in [-0.05, 0) is 23.3 Å². The van der Waals surface area contributed by atoms with Crippen molar-refractivity contribution in [1.29, 1.82) is 0 Å². The lowest BCUT2D eigenvalue weighted by Crippen LogP contribution is -1.92. The normalized spacial score (nSPS) is 16.1. The zero-order chi connectivity index (χ0) is 9.26. The van der Waals surface area contributed by atoms with Gasteiger partial charge in [0.15, 0.2) is 0 Å². The Hall–Kier alpha value is -1.28. The fourth-order valence-corrected chi connectivity index (χ4v) is 1.53. The van der Waals surface area contributed by atoms with Crippen LogP contribution in [0.5, 0.6) is 5.75 Å². The van der Waals surface area contributed by atoms with E-state index >= 15 is 0 Å². The summed E-state index contributed by atoms with van der Waals surface area (Å²) in [6.07, 6.45) is 1.90. The molecule has 0 unspecified atom stereocenters. The van der Waals surface area contributed by atoms with Gasteiger partial charge >= 0.3 is 0 Å². The van der Waals surface area contributed by atoms with Crippen molar-refractivity contribution in [3.05, 3.63) is 42.0 Å². The molecule has 0 bridgehead atoms. The Bertz CT molecular complexity index is 331. The first-order chi connectivity index (χ1) is 6.31. The molecular weight excluding hydrogens is 164 g/mol. The fourth-order valence-electron chi connectivity index (χ4n) is 1.53. The Balaban J connectivity index is 2.35. The molecule has 13 heavy (non-hydrogen) atoms. The van der Waals surface area contributed by atoms with Crippen molar-refractivity contribution in [1.82, 2.24) is 0 Å². The van der Waals surface area contributed by atoms with Gasteiger partial charge in [-0.25, -0.2) is 0 Å². The van der Waals surface area contributed by atoms with Crippen molar-refractivity contribution < 1.29 is 9.84 Å². The van der Waals surface area contributed by atoms with Gasteiger partial charge in [0.05, 0.1) is 12.7 Å². The monoisotopic (exact) mass is 176 g/mol. The largest absolute Gasteiger partial charge is 0.493 e. The van der Waals surface area contributed by atoms with E-state index in [9.17, 15) is 5.11 Å². The van der Waals surface area contributed by atoms with Gasteiger partial charge in [0.2, 0.25) is 0 Å². The van der Waals surface area contributed by atoms with Gasteiger partial charge in [0, 0.05) is 6.42 Å². The molecule has 1 aliphatic heterocycles. The van der Waals surface area contributed by atoms with Crippen molar-refractivity contribution in [2.24, 2.45) is 0 Å². The summed E-state index contributed by atoms with van der Waals surface area (Å²) in [4.78, 5) is 0. The molecule has 0 fully saturated rings. The van der Waals surface area contributed by atoms with Crippen LogP contribution < -0.4 is 4.74 Å². The van der Waals surface area contributed by atoms with Crippen LogP contribution in [-0.4, -0.2) is 11.7 Å². The van der Waals surface area contributed by atoms with Gasteiger partial charge in [-0.3, -0.25) is 0 Å².